The standard InChI is InChI=1S/C29H43NO3/c1-6-7-8-9-15-28(2,3)20-17-24(31)26-22-16-19(27(32)30-21-11-10-12-21)13-14-23(22)29(4,5)33-25(26)18-20/h13,17-18,21-23,31H,6-12,14-16H2,1-5H3,(H,30,32)/t22-,23-/m1/s1. The van der Waals surface area contributed by atoms with E-state index in [1.165, 1.54) is 32.1 Å². The van der Waals surface area contributed by atoms with Crippen LogP contribution < -0.4 is 10.1 Å². The summed E-state index contributed by atoms with van der Waals surface area (Å²) in [6, 6.07) is 4.47. The van der Waals surface area contributed by atoms with Gasteiger partial charge in [0, 0.05) is 29.0 Å². The van der Waals surface area contributed by atoms with Gasteiger partial charge in [0.25, 0.3) is 0 Å². The van der Waals surface area contributed by atoms with Crippen molar-refractivity contribution in [3.8, 4) is 11.5 Å². The van der Waals surface area contributed by atoms with E-state index in [2.05, 4.69) is 52.1 Å². The molecule has 0 unspecified atom stereocenters. The van der Waals surface area contributed by atoms with Crippen molar-refractivity contribution < 1.29 is 14.6 Å². The molecule has 1 saturated carbocycles. The van der Waals surface area contributed by atoms with Crippen molar-refractivity contribution in [2.24, 2.45) is 5.92 Å². The van der Waals surface area contributed by atoms with Crippen molar-refractivity contribution in [3.63, 3.8) is 0 Å². The minimum atomic E-state index is -0.347. The maximum absolute atomic E-state index is 12.9. The van der Waals surface area contributed by atoms with E-state index in [1.807, 2.05) is 6.07 Å². The highest BCUT2D eigenvalue weighted by Crippen LogP contribution is 2.55. The number of allylic oxidation sites excluding steroid dienone is 1. The van der Waals surface area contributed by atoms with Gasteiger partial charge in [-0.05, 0) is 75.5 Å². The Morgan fingerprint density at radius 1 is 1.21 bits per heavy atom. The number of amides is 1. The van der Waals surface area contributed by atoms with Crippen LogP contribution in [-0.4, -0.2) is 22.7 Å². The highest BCUT2D eigenvalue weighted by Gasteiger charge is 2.47. The highest BCUT2D eigenvalue weighted by molar-refractivity contribution is 5.94. The van der Waals surface area contributed by atoms with Gasteiger partial charge in [0.2, 0.25) is 5.91 Å². The second-order valence-corrected chi connectivity index (χ2v) is 11.8. The highest BCUT2D eigenvalue weighted by atomic mass is 16.5. The molecule has 4 rings (SSSR count). The topological polar surface area (TPSA) is 58.6 Å². The lowest BCUT2D eigenvalue weighted by atomic mass is 9.66. The molecule has 2 atom stereocenters. The minimum absolute atomic E-state index is 0.0229. The zero-order valence-corrected chi connectivity index (χ0v) is 21.3. The summed E-state index contributed by atoms with van der Waals surface area (Å²) in [4.78, 5) is 12.9. The molecule has 1 heterocycles. The second kappa shape index (κ2) is 9.35. The fraction of sp³-hybridized carbons (Fsp3) is 0.690. The summed E-state index contributed by atoms with van der Waals surface area (Å²) in [5, 5.41) is 14.4. The molecule has 4 nitrogen and oxygen atoms in total. The summed E-state index contributed by atoms with van der Waals surface area (Å²) in [5.41, 5.74) is 2.53. The average Bonchev–Trinajstić information content (AvgIpc) is 2.72. The number of aromatic hydroxyl groups is 1. The van der Waals surface area contributed by atoms with Crippen LogP contribution in [0.2, 0.25) is 0 Å². The van der Waals surface area contributed by atoms with Crippen molar-refractivity contribution in [1.29, 1.82) is 0 Å². The van der Waals surface area contributed by atoms with Crippen LogP contribution in [0.1, 0.15) is 116 Å². The Balaban J connectivity index is 1.59. The third kappa shape index (κ3) is 4.95. The molecule has 0 aromatic heterocycles. The lowest BCUT2D eigenvalue weighted by Crippen LogP contribution is -2.47. The molecule has 2 aliphatic carbocycles. The largest absolute Gasteiger partial charge is 0.508 e. The first-order chi connectivity index (χ1) is 15.6. The number of fused-ring (bicyclic) bond motifs is 3. The normalized spacial score (nSPS) is 24.1. The smallest absolute Gasteiger partial charge is 0.247 e. The Kier molecular flexibility index (Phi) is 6.85. The SMILES string of the molecule is CCCCCCC(C)(C)c1cc(O)c2c(c1)OC(C)(C)[C@@H]1CC=C(C(=O)NC3CCC3)C[C@@H]21. The van der Waals surface area contributed by atoms with Gasteiger partial charge in [-0.1, -0.05) is 52.5 Å². The maximum Gasteiger partial charge on any atom is 0.247 e. The molecule has 0 bridgehead atoms. The van der Waals surface area contributed by atoms with Crippen LogP contribution in [0, 0.1) is 5.92 Å². The second-order valence-electron chi connectivity index (χ2n) is 11.8. The molecule has 182 valence electrons. The molecular formula is C29H43NO3. The Bertz CT molecular complexity index is 910. The molecule has 1 aromatic rings. The maximum atomic E-state index is 12.9. The van der Waals surface area contributed by atoms with E-state index in [0.29, 0.717) is 18.2 Å². The first-order valence-corrected chi connectivity index (χ1v) is 13.2. The molecule has 4 heteroatoms. The fourth-order valence-electron chi connectivity index (χ4n) is 5.94. The van der Waals surface area contributed by atoms with E-state index >= 15 is 0 Å². The van der Waals surface area contributed by atoms with Crippen LogP contribution in [0.3, 0.4) is 0 Å². The van der Waals surface area contributed by atoms with Crippen LogP contribution in [0.15, 0.2) is 23.8 Å². The quantitative estimate of drug-likeness (QED) is 0.421. The van der Waals surface area contributed by atoms with Crippen molar-refractivity contribution in [3.05, 3.63) is 34.9 Å². The predicted molar refractivity (Wildman–Crippen MR) is 134 cm³/mol. The lowest BCUT2D eigenvalue weighted by molar-refractivity contribution is -0.119. The zero-order valence-electron chi connectivity index (χ0n) is 21.3. The molecular weight excluding hydrogens is 410 g/mol. The monoisotopic (exact) mass is 453 g/mol. The molecule has 0 radical (unpaired) electrons. The van der Waals surface area contributed by atoms with Crippen LogP contribution in [0.25, 0.3) is 0 Å². The van der Waals surface area contributed by atoms with Gasteiger partial charge in [0.05, 0.1) is 0 Å². The van der Waals surface area contributed by atoms with Gasteiger partial charge in [-0.2, -0.15) is 0 Å². The number of phenolic OH excluding ortho intramolecular Hbond substituents is 1. The van der Waals surface area contributed by atoms with Crippen molar-refractivity contribution in [2.75, 3.05) is 0 Å². The minimum Gasteiger partial charge on any atom is -0.508 e. The van der Waals surface area contributed by atoms with Crippen molar-refractivity contribution >= 4 is 5.91 Å². The number of hydrogen-bond donors (Lipinski definition) is 2. The summed E-state index contributed by atoms with van der Waals surface area (Å²) in [5.74, 6) is 1.55. The summed E-state index contributed by atoms with van der Waals surface area (Å²) < 4.78 is 6.55. The number of rotatable bonds is 8. The van der Waals surface area contributed by atoms with Crippen LogP contribution in [0.4, 0.5) is 0 Å². The first-order valence-electron chi connectivity index (χ1n) is 13.2. The summed E-state index contributed by atoms with van der Waals surface area (Å²) >= 11 is 0. The molecule has 1 aromatic carbocycles. The number of nitrogens with one attached hydrogen (secondary N) is 1. The van der Waals surface area contributed by atoms with E-state index in [9.17, 15) is 9.90 Å². The first kappa shape index (κ1) is 24.2. The van der Waals surface area contributed by atoms with Gasteiger partial charge in [-0.3, -0.25) is 4.79 Å². The number of carbonyl (C=O) groups excluding carboxylic acids is 1. The van der Waals surface area contributed by atoms with Gasteiger partial charge in [-0.15, -0.1) is 0 Å². The Hall–Kier alpha value is -1.97. The van der Waals surface area contributed by atoms with E-state index in [1.54, 1.807) is 0 Å². The number of ether oxygens (including phenoxy) is 1. The molecule has 1 amide bonds. The van der Waals surface area contributed by atoms with Gasteiger partial charge < -0.3 is 15.2 Å². The molecule has 3 aliphatic rings. The molecule has 0 spiro atoms. The van der Waals surface area contributed by atoms with Crippen LogP contribution in [0.5, 0.6) is 11.5 Å². The number of hydrogen-bond acceptors (Lipinski definition) is 3. The third-order valence-corrected chi connectivity index (χ3v) is 8.47. The van der Waals surface area contributed by atoms with E-state index in [4.69, 9.17) is 4.74 Å². The van der Waals surface area contributed by atoms with E-state index < -0.39 is 0 Å². The average molecular weight is 454 g/mol. The Morgan fingerprint density at radius 3 is 2.64 bits per heavy atom. The summed E-state index contributed by atoms with van der Waals surface area (Å²) in [6.45, 7) is 11.1. The number of phenols is 1. The predicted octanol–water partition coefficient (Wildman–Crippen LogP) is 6.90. The fourth-order valence-corrected chi connectivity index (χ4v) is 5.94. The molecule has 0 saturated heterocycles. The van der Waals surface area contributed by atoms with Crippen LogP contribution in [-0.2, 0) is 10.2 Å². The van der Waals surface area contributed by atoms with E-state index in [-0.39, 0.29) is 28.8 Å². The van der Waals surface area contributed by atoms with Crippen molar-refractivity contribution in [1.82, 2.24) is 5.32 Å². The molecule has 2 N–H and O–H groups in total. The summed E-state index contributed by atoms with van der Waals surface area (Å²) in [6.07, 6.45) is 13.0. The molecule has 1 fully saturated rings. The third-order valence-electron chi connectivity index (χ3n) is 8.47. The van der Waals surface area contributed by atoms with Gasteiger partial charge in [0.1, 0.15) is 17.1 Å². The van der Waals surface area contributed by atoms with Gasteiger partial charge >= 0.3 is 0 Å². The van der Waals surface area contributed by atoms with Gasteiger partial charge in [-0.25, -0.2) is 0 Å². The Labute approximate surface area is 200 Å². The van der Waals surface area contributed by atoms with E-state index in [0.717, 1.165) is 48.1 Å². The van der Waals surface area contributed by atoms with Gasteiger partial charge in [0.15, 0.2) is 0 Å². The van der Waals surface area contributed by atoms with Crippen LogP contribution >= 0.6 is 0 Å². The Morgan fingerprint density at radius 2 is 1.97 bits per heavy atom. The zero-order chi connectivity index (χ0) is 23.8. The number of unbranched alkanes of at least 4 members (excludes halogenated alkanes) is 3. The lowest BCUT2D eigenvalue weighted by Gasteiger charge is -2.47. The molecule has 1 aliphatic heterocycles. The number of carbonyl (C=O) groups is 1. The summed E-state index contributed by atoms with van der Waals surface area (Å²) in [7, 11) is 0. The van der Waals surface area contributed by atoms with Crippen molar-refractivity contribution in [2.45, 2.75) is 122 Å². The number of benzene rings is 1. The molecule has 33 heavy (non-hydrogen) atoms.